The van der Waals surface area contributed by atoms with Gasteiger partial charge in [-0.15, -0.1) is 9.81 Å². The number of amides is 1. The Kier molecular flexibility index (Phi) is 8.49. The Bertz CT molecular complexity index is 1550. The molecule has 19 heteroatoms. The number of carbonyl (C=O) groups is 1. The van der Waals surface area contributed by atoms with Gasteiger partial charge in [-0.25, -0.2) is 18.9 Å². The first-order valence-electron chi connectivity index (χ1n) is 11.8. The van der Waals surface area contributed by atoms with E-state index < -0.39 is 31.7 Å². The molecule has 1 aromatic carbocycles. The number of fused-ring (bicyclic) bond motifs is 1. The molecule has 0 radical (unpaired) electrons. The topological polar surface area (TPSA) is 205 Å². The Morgan fingerprint density at radius 3 is 2.31 bits per heavy atom. The van der Waals surface area contributed by atoms with Crippen molar-refractivity contribution in [1.29, 1.82) is 0 Å². The first kappa shape index (κ1) is 30.0. The van der Waals surface area contributed by atoms with Crippen molar-refractivity contribution in [2.75, 3.05) is 43.6 Å². The van der Waals surface area contributed by atoms with Crippen LogP contribution in [0.25, 0.3) is 0 Å². The van der Waals surface area contributed by atoms with Crippen molar-refractivity contribution >= 4 is 42.7 Å². The number of carbonyl (C=O) groups excluding carboxylic acids is 1. The number of hydrogen-bond acceptors (Lipinski definition) is 14. The number of rotatable bonds is 12. The Balaban J connectivity index is 1.63. The molecular weight excluding hydrogens is 582 g/mol. The van der Waals surface area contributed by atoms with Gasteiger partial charge in [0.1, 0.15) is 12.5 Å². The third kappa shape index (κ3) is 6.03. The number of nitroso groups, excluding NO2 is 2. The fourth-order valence-electron chi connectivity index (χ4n) is 3.75. The molecule has 0 bridgehead atoms. The van der Waals surface area contributed by atoms with Gasteiger partial charge < -0.3 is 29.6 Å². The monoisotopic (exact) mass is 606 g/mol. The van der Waals surface area contributed by atoms with Crippen LogP contribution in [0.3, 0.4) is 0 Å². The number of nitrogens with one attached hydrogen (secondary N) is 2. The van der Waals surface area contributed by atoms with Gasteiger partial charge >= 0.3 is 7.67 Å². The van der Waals surface area contributed by atoms with E-state index in [1.807, 2.05) is 0 Å². The lowest BCUT2D eigenvalue weighted by molar-refractivity contribution is -0.133. The highest BCUT2D eigenvalue weighted by molar-refractivity contribution is 7.55. The van der Waals surface area contributed by atoms with Gasteiger partial charge in [0.15, 0.2) is 40.3 Å². The zero-order valence-electron chi connectivity index (χ0n) is 22.8. The van der Waals surface area contributed by atoms with Crippen LogP contribution in [-0.2, 0) is 13.9 Å². The second-order valence-corrected chi connectivity index (χ2v) is 10.4. The second kappa shape index (κ2) is 11.9. The minimum absolute atomic E-state index is 0.00333. The lowest BCUT2D eigenvalue weighted by atomic mass is 10.1. The number of pyridine rings is 1. The van der Waals surface area contributed by atoms with Crippen LogP contribution in [0, 0.1) is 15.6 Å². The molecule has 2 aromatic heterocycles. The number of hydrogen-bond donors (Lipinski definition) is 2. The molecule has 222 valence electrons. The van der Waals surface area contributed by atoms with Crippen molar-refractivity contribution in [3.05, 3.63) is 46.1 Å². The lowest BCUT2D eigenvalue weighted by Crippen LogP contribution is -2.53. The predicted octanol–water partition coefficient (Wildman–Crippen LogP) is 4.64. The molecule has 4 rings (SSSR count). The van der Waals surface area contributed by atoms with Crippen LogP contribution in [0.2, 0.25) is 0 Å². The third-order valence-electron chi connectivity index (χ3n) is 5.69. The Morgan fingerprint density at radius 1 is 1.05 bits per heavy atom. The highest BCUT2D eigenvalue weighted by atomic mass is 31.2. The number of benzene rings is 1. The van der Waals surface area contributed by atoms with E-state index in [4.69, 9.17) is 23.5 Å². The van der Waals surface area contributed by atoms with Gasteiger partial charge in [0.25, 0.3) is 5.91 Å². The van der Waals surface area contributed by atoms with Crippen molar-refractivity contribution in [2.24, 2.45) is 9.89 Å². The number of halogens is 1. The summed E-state index contributed by atoms with van der Waals surface area (Å²) in [6, 6.07) is 6.04. The van der Waals surface area contributed by atoms with E-state index in [2.05, 4.69) is 35.5 Å². The largest absolute Gasteiger partial charge is 0.506 e. The van der Waals surface area contributed by atoms with Crippen LogP contribution in [0.5, 0.6) is 23.0 Å². The smallest absolute Gasteiger partial charge is 0.493 e. The first-order chi connectivity index (χ1) is 20.0. The molecule has 0 unspecified atom stereocenters. The lowest BCUT2D eigenvalue weighted by Gasteiger charge is -2.37. The van der Waals surface area contributed by atoms with Crippen molar-refractivity contribution in [2.45, 2.75) is 19.4 Å². The fraction of sp³-hybridized carbons (Fsp3) is 0.304. The van der Waals surface area contributed by atoms with Gasteiger partial charge in [-0.05, 0) is 26.0 Å². The van der Waals surface area contributed by atoms with Crippen LogP contribution in [0.15, 0.2) is 40.4 Å². The van der Waals surface area contributed by atoms with Crippen molar-refractivity contribution in [3.63, 3.8) is 0 Å². The summed E-state index contributed by atoms with van der Waals surface area (Å²) in [5.74, 6) is -0.847. The molecule has 3 aromatic rings. The predicted molar refractivity (Wildman–Crippen MR) is 146 cm³/mol. The number of ether oxygens (including phenoxy) is 4. The molecule has 1 aliphatic rings. The van der Waals surface area contributed by atoms with Crippen molar-refractivity contribution in [1.82, 2.24) is 15.0 Å². The molecule has 0 fully saturated rings. The van der Waals surface area contributed by atoms with Crippen molar-refractivity contribution < 1.29 is 37.2 Å². The fourth-order valence-corrected chi connectivity index (χ4v) is 4.14. The minimum Gasteiger partial charge on any atom is -0.493 e. The molecule has 42 heavy (non-hydrogen) atoms. The summed E-state index contributed by atoms with van der Waals surface area (Å²) in [6.07, 6.45) is 0.916. The SMILES string of the molecule is COc1cc(Nc2ncc(F)c(Nc3ccc4c(n3)N(COP(=O)(N=O)N=O)C(=O)C(C)(C)O4)n2)cc(OC)c1OC. The summed E-state index contributed by atoms with van der Waals surface area (Å²) in [4.78, 5) is 52.0. The van der Waals surface area contributed by atoms with E-state index >= 15 is 0 Å². The summed E-state index contributed by atoms with van der Waals surface area (Å²) in [5.41, 5.74) is -0.985. The van der Waals surface area contributed by atoms with Crippen LogP contribution in [0.1, 0.15) is 13.8 Å². The molecule has 2 N–H and O–H groups in total. The summed E-state index contributed by atoms with van der Waals surface area (Å²) in [7, 11) is -0.424. The maximum absolute atomic E-state index is 14.7. The van der Waals surface area contributed by atoms with E-state index in [1.165, 1.54) is 47.3 Å². The van der Waals surface area contributed by atoms with E-state index in [0.29, 0.717) is 22.9 Å². The summed E-state index contributed by atoms with van der Waals surface area (Å²) in [5, 5.41) is 5.61. The molecule has 0 spiro atoms. The Hall–Kier alpha value is -4.96. The molecule has 1 aliphatic heterocycles. The van der Waals surface area contributed by atoms with Gasteiger partial charge in [0, 0.05) is 27.7 Å². The molecule has 0 saturated carbocycles. The normalized spacial score (nSPS) is 13.9. The van der Waals surface area contributed by atoms with E-state index in [-0.39, 0.29) is 29.2 Å². The van der Waals surface area contributed by atoms with E-state index in [0.717, 1.165) is 11.1 Å². The molecule has 3 heterocycles. The number of anilines is 5. The van der Waals surface area contributed by atoms with Gasteiger partial charge in [-0.3, -0.25) is 14.2 Å². The molecular formula is C23H24FN8O9P. The minimum atomic E-state index is -4.79. The highest BCUT2D eigenvalue weighted by Crippen LogP contribution is 2.50. The second-order valence-electron chi connectivity index (χ2n) is 8.83. The quantitative estimate of drug-likeness (QED) is 0.213. The molecule has 0 aliphatic carbocycles. The van der Waals surface area contributed by atoms with Crippen LogP contribution < -0.4 is 34.5 Å². The van der Waals surface area contributed by atoms with Gasteiger partial charge in [-0.2, -0.15) is 4.98 Å². The van der Waals surface area contributed by atoms with Crippen LogP contribution in [-0.4, -0.2) is 54.5 Å². The zero-order chi connectivity index (χ0) is 30.7. The molecule has 0 atom stereocenters. The van der Waals surface area contributed by atoms with Crippen LogP contribution in [0.4, 0.5) is 33.5 Å². The van der Waals surface area contributed by atoms with Gasteiger partial charge in [0.05, 0.1) is 27.5 Å². The Morgan fingerprint density at radius 2 is 1.71 bits per heavy atom. The maximum atomic E-state index is 14.7. The number of methoxy groups -OCH3 is 3. The summed E-state index contributed by atoms with van der Waals surface area (Å²) >= 11 is 0. The summed E-state index contributed by atoms with van der Waals surface area (Å²) < 4.78 is 53.1. The van der Waals surface area contributed by atoms with Gasteiger partial charge in [-0.1, -0.05) is 0 Å². The van der Waals surface area contributed by atoms with Gasteiger partial charge in [0.2, 0.25) is 11.7 Å². The number of nitrogens with zero attached hydrogens (tertiary/aromatic N) is 6. The highest BCUT2D eigenvalue weighted by Gasteiger charge is 2.43. The van der Waals surface area contributed by atoms with E-state index in [1.54, 1.807) is 12.1 Å². The molecule has 17 nitrogen and oxygen atoms in total. The third-order valence-corrected chi connectivity index (χ3v) is 6.56. The maximum Gasteiger partial charge on any atom is 0.506 e. The van der Waals surface area contributed by atoms with Crippen molar-refractivity contribution in [3.8, 4) is 23.0 Å². The average Bonchev–Trinajstić information content (AvgIpc) is 2.98. The zero-order valence-corrected chi connectivity index (χ0v) is 23.7. The summed E-state index contributed by atoms with van der Waals surface area (Å²) in [6.45, 7) is 2.03. The standard InChI is InChI=1S/C23H24FN8O9P/c1-23(2)21(33)32(11-40-42(36,30-34)31-35)20-14(41-23)6-7-17(28-20)27-19-13(24)10-25-22(29-19)26-12-8-15(37-3)18(39-5)16(9-12)38-4/h6-10H,11H2,1-5H3,(H2,25,26,27,28,29). The Labute approximate surface area is 237 Å². The average molecular weight is 606 g/mol. The molecule has 0 saturated heterocycles. The molecule has 1 amide bonds. The van der Waals surface area contributed by atoms with Crippen LogP contribution >= 0.6 is 7.67 Å². The first-order valence-corrected chi connectivity index (χ1v) is 13.3. The van der Waals surface area contributed by atoms with E-state index in [9.17, 15) is 23.6 Å². The number of aromatic nitrogens is 3.